The van der Waals surface area contributed by atoms with Crippen molar-refractivity contribution in [3.63, 3.8) is 0 Å². The van der Waals surface area contributed by atoms with Crippen molar-refractivity contribution < 1.29 is 22.9 Å². The molecule has 0 spiro atoms. The maximum Gasteiger partial charge on any atom is 0.267 e. The second-order valence-corrected chi connectivity index (χ2v) is 16.1. The monoisotopic (exact) mass is 724 g/mol. The summed E-state index contributed by atoms with van der Waals surface area (Å²) in [6, 6.07) is -1.08. The number of unbranched alkanes of at least 4 members (excludes halogenated alkanes) is 26. The first-order valence-corrected chi connectivity index (χ1v) is 22.8. The lowest BCUT2D eigenvalue weighted by atomic mass is 10.0. The van der Waals surface area contributed by atoms with Crippen LogP contribution in [0.5, 0.6) is 0 Å². The predicted molar refractivity (Wildman–Crippen MR) is 216 cm³/mol. The summed E-state index contributed by atoms with van der Waals surface area (Å²) in [7, 11) is -4.35. The molecule has 0 aromatic rings. The molecule has 0 radical (unpaired) electrons. The highest BCUT2D eigenvalue weighted by atomic mass is 32.2. The van der Waals surface area contributed by atoms with Crippen LogP contribution in [-0.2, 0) is 14.9 Å². The summed E-state index contributed by atoms with van der Waals surface area (Å²) >= 11 is 0. The van der Waals surface area contributed by atoms with Gasteiger partial charge in [0.1, 0.15) is 0 Å². The number of amides is 1. The third kappa shape index (κ3) is 37.8. The normalized spacial score (nSPS) is 13.6. The fourth-order valence-corrected chi connectivity index (χ4v) is 7.10. The Morgan fingerprint density at radius 2 is 0.860 bits per heavy atom. The zero-order chi connectivity index (χ0) is 36.8. The molecule has 0 bridgehead atoms. The van der Waals surface area contributed by atoms with Crippen LogP contribution in [0.15, 0.2) is 36.5 Å². The van der Waals surface area contributed by atoms with E-state index in [1.165, 1.54) is 147 Å². The molecule has 0 aliphatic carbocycles. The van der Waals surface area contributed by atoms with Gasteiger partial charge < -0.3 is 10.4 Å². The van der Waals surface area contributed by atoms with Crippen molar-refractivity contribution in [3.8, 4) is 0 Å². The van der Waals surface area contributed by atoms with Gasteiger partial charge in [-0.1, -0.05) is 198 Å². The van der Waals surface area contributed by atoms with E-state index < -0.39 is 28.0 Å². The van der Waals surface area contributed by atoms with Crippen molar-refractivity contribution in [2.24, 2.45) is 0 Å². The molecule has 0 saturated carbocycles. The maximum absolute atomic E-state index is 12.5. The minimum absolute atomic E-state index is 0.288. The Kier molecular flexibility index (Phi) is 36.2. The lowest BCUT2D eigenvalue weighted by molar-refractivity contribution is -0.122. The molecule has 3 N–H and O–H groups in total. The van der Waals surface area contributed by atoms with Crippen LogP contribution in [0.25, 0.3) is 0 Å². The Bertz CT molecular complexity index is 930. The highest BCUT2D eigenvalue weighted by molar-refractivity contribution is 7.85. The quantitative estimate of drug-likeness (QED) is 0.0334. The molecule has 1 amide bonds. The molecule has 7 heteroatoms. The molecule has 0 aromatic carbocycles. The topological polar surface area (TPSA) is 104 Å². The van der Waals surface area contributed by atoms with E-state index in [1.807, 2.05) is 0 Å². The molecule has 2 unspecified atom stereocenters. The van der Waals surface area contributed by atoms with Gasteiger partial charge in [-0.3, -0.25) is 9.35 Å². The summed E-state index contributed by atoms with van der Waals surface area (Å²) in [5.74, 6) is -1.00. The number of nitrogens with one attached hydrogen (secondary N) is 1. The minimum atomic E-state index is -4.35. The van der Waals surface area contributed by atoms with Crippen LogP contribution in [-0.4, -0.2) is 41.9 Å². The van der Waals surface area contributed by atoms with Gasteiger partial charge >= 0.3 is 0 Å². The average molecular weight is 724 g/mol. The van der Waals surface area contributed by atoms with E-state index >= 15 is 0 Å². The lowest BCUT2D eigenvalue weighted by Crippen LogP contribution is -2.46. The molecular formula is C43H81NO5S. The number of allylic oxidation sites excluding steroid dienone is 5. The number of aliphatic hydroxyl groups is 1. The van der Waals surface area contributed by atoms with E-state index in [2.05, 4.69) is 43.5 Å². The van der Waals surface area contributed by atoms with Crippen molar-refractivity contribution in [2.45, 2.75) is 225 Å². The van der Waals surface area contributed by atoms with Gasteiger partial charge in [0.2, 0.25) is 5.91 Å². The van der Waals surface area contributed by atoms with Gasteiger partial charge in [0.15, 0.2) is 0 Å². The lowest BCUT2D eigenvalue weighted by Gasteiger charge is -2.21. The summed E-state index contributed by atoms with van der Waals surface area (Å²) < 4.78 is 32.5. The van der Waals surface area contributed by atoms with E-state index in [9.17, 15) is 22.9 Å². The first-order chi connectivity index (χ1) is 24.3. The van der Waals surface area contributed by atoms with E-state index in [0.29, 0.717) is 6.42 Å². The van der Waals surface area contributed by atoms with Gasteiger partial charge in [0, 0.05) is 6.42 Å². The largest absolute Gasteiger partial charge is 0.387 e. The molecule has 0 aliphatic heterocycles. The Labute approximate surface area is 310 Å². The SMILES string of the molecule is CCCCCC/C=C/CC/C=C/CC/C=C/C(O)C(CS(=O)(=O)O)NC(=O)CCCCCCCCCCCCCCCCCCCCCCC. The van der Waals surface area contributed by atoms with E-state index in [1.54, 1.807) is 6.08 Å². The van der Waals surface area contributed by atoms with Crippen LogP contribution >= 0.6 is 0 Å². The van der Waals surface area contributed by atoms with E-state index in [0.717, 1.165) is 44.9 Å². The molecule has 0 rings (SSSR count). The molecular weight excluding hydrogens is 643 g/mol. The summed E-state index contributed by atoms with van der Waals surface area (Å²) in [5.41, 5.74) is 0. The highest BCUT2D eigenvalue weighted by Crippen LogP contribution is 2.15. The number of rotatable bonds is 38. The van der Waals surface area contributed by atoms with Crippen molar-refractivity contribution in [1.29, 1.82) is 0 Å². The maximum atomic E-state index is 12.5. The first kappa shape index (κ1) is 48.6. The van der Waals surface area contributed by atoms with Crippen LogP contribution in [0.3, 0.4) is 0 Å². The van der Waals surface area contributed by atoms with Gasteiger partial charge in [-0.25, -0.2) is 0 Å². The van der Waals surface area contributed by atoms with E-state index in [-0.39, 0.29) is 12.3 Å². The molecule has 0 heterocycles. The number of hydrogen-bond donors (Lipinski definition) is 3. The highest BCUT2D eigenvalue weighted by Gasteiger charge is 2.24. The fourth-order valence-electron chi connectivity index (χ4n) is 6.36. The molecule has 2 atom stereocenters. The molecule has 0 aromatic heterocycles. The van der Waals surface area contributed by atoms with Crippen LogP contribution in [0.1, 0.15) is 213 Å². The van der Waals surface area contributed by atoms with E-state index in [4.69, 9.17) is 0 Å². The molecule has 0 saturated heterocycles. The molecule has 50 heavy (non-hydrogen) atoms. The second-order valence-electron chi connectivity index (χ2n) is 14.6. The fraction of sp³-hybridized carbons (Fsp3) is 0.837. The van der Waals surface area contributed by atoms with Gasteiger partial charge in [-0.15, -0.1) is 0 Å². The van der Waals surface area contributed by atoms with Gasteiger partial charge in [0.25, 0.3) is 10.1 Å². The number of hydrogen-bond acceptors (Lipinski definition) is 4. The standard InChI is InChI=1S/C43H81NO5S/c1-3-5-7-9-11-13-15-17-19-20-21-22-23-24-25-27-29-31-33-35-37-39-43(46)44-41(40-50(47,48)49)42(45)38-36-34-32-30-28-26-18-16-14-12-10-8-6-4-2/h14,16,28,30,36,38,41-42,45H,3-13,15,17-27,29,31-35,37,39-40H2,1-2H3,(H,44,46)(H,47,48,49)/b16-14+,30-28+,38-36+. The summed E-state index contributed by atoms with van der Waals surface area (Å²) in [4.78, 5) is 12.5. The Morgan fingerprint density at radius 1 is 0.520 bits per heavy atom. The van der Waals surface area contributed by atoms with Crippen LogP contribution in [0, 0.1) is 0 Å². The van der Waals surface area contributed by atoms with Crippen LogP contribution < -0.4 is 5.32 Å². The van der Waals surface area contributed by atoms with Crippen molar-refractivity contribution in [1.82, 2.24) is 5.32 Å². The number of carbonyl (C=O) groups excluding carboxylic acids is 1. The molecule has 0 aliphatic rings. The Hall–Kier alpha value is -1.44. The Morgan fingerprint density at radius 3 is 1.26 bits per heavy atom. The average Bonchev–Trinajstić information content (AvgIpc) is 3.08. The smallest absolute Gasteiger partial charge is 0.267 e. The van der Waals surface area contributed by atoms with Crippen molar-refractivity contribution >= 4 is 16.0 Å². The summed E-state index contributed by atoms with van der Waals surface area (Å²) in [6.07, 6.45) is 48.5. The van der Waals surface area contributed by atoms with Gasteiger partial charge in [-0.2, -0.15) is 8.42 Å². The van der Waals surface area contributed by atoms with Gasteiger partial charge in [0.05, 0.1) is 17.9 Å². The van der Waals surface area contributed by atoms with Crippen molar-refractivity contribution in [2.75, 3.05) is 5.75 Å². The van der Waals surface area contributed by atoms with Crippen LogP contribution in [0.2, 0.25) is 0 Å². The zero-order valence-electron chi connectivity index (χ0n) is 32.8. The third-order valence-corrected chi connectivity index (χ3v) is 10.3. The first-order valence-electron chi connectivity index (χ1n) is 21.2. The minimum Gasteiger partial charge on any atom is -0.387 e. The molecule has 294 valence electrons. The predicted octanol–water partition coefficient (Wildman–Crippen LogP) is 12.5. The zero-order valence-corrected chi connectivity index (χ0v) is 33.6. The molecule has 0 fully saturated rings. The second kappa shape index (κ2) is 37.3. The van der Waals surface area contributed by atoms with Crippen LogP contribution in [0.4, 0.5) is 0 Å². The number of carbonyl (C=O) groups is 1. The van der Waals surface area contributed by atoms with Gasteiger partial charge in [-0.05, 0) is 44.9 Å². The van der Waals surface area contributed by atoms with Crippen molar-refractivity contribution in [3.05, 3.63) is 36.5 Å². The summed E-state index contributed by atoms with van der Waals surface area (Å²) in [6.45, 7) is 4.51. The third-order valence-electron chi connectivity index (χ3n) is 9.55. The molecule has 6 nitrogen and oxygen atoms in total. The number of aliphatic hydroxyl groups excluding tert-OH is 1. The Balaban J connectivity index is 3.89. The summed E-state index contributed by atoms with van der Waals surface area (Å²) in [5, 5.41) is 13.2.